The molecular formula is C13H23NO3. The van der Waals surface area contributed by atoms with Crippen molar-refractivity contribution in [3.8, 4) is 0 Å². The fourth-order valence-corrected chi connectivity index (χ4v) is 1.91. The van der Waals surface area contributed by atoms with Gasteiger partial charge in [-0.1, -0.05) is 13.0 Å². The van der Waals surface area contributed by atoms with E-state index in [0.29, 0.717) is 19.1 Å². The zero-order valence-corrected chi connectivity index (χ0v) is 10.8. The van der Waals surface area contributed by atoms with E-state index in [9.17, 15) is 4.79 Å². The molecule has 1 saturated heterocycles. The lowest BCUT2D eigenvalue weighted by atomic mass is 10.1. The van der Waals surface area contributed by atoms with E-state index in [1.807, 2.05) is 13.0 Å². The first-order valence-electron chi connectivity index (χ1n) is 6.37. The molecule has 0 bridgehead atoms. The first-order valence-corrected chi connectivity index (χ1v) is 6.37. The van der Waals surface area contributed by atoms with E-state index in [2.05, 4.69) is 5.32 Å². The fourth-order valence-electron chi connectivity index (χ4n) is 1.91. The van der Waals surface area contributed by atoms with Gasteiger partial charge in [-0.25, -0.2) is 4.79 Å². The highest BCUT2D eigenvalue weighted by molar-refractivity contribution is 5.88. The van der Waals surface area contributed by atoms with Gasteiger partial charge in [0.1, 0.15) is 0 Å². The van der Waals surface area contributed by atoms with Gasteiger partial charge in [0.2, 0.25) is 0 Å². The van der Waals surface area contributed by atoms with Crippen molar-refractivity contribution >= 4 is 5.97 Å². The Bertz CT molecular complexity index is 257. The molecule has 4 nitrogen and oxygen atoms in total. The average Bonchev–Trinajstić information content (AvgIpc) is 2.39. The summed E-state index contributed by atoms with van der Waals surface area (Å²) >= 11 is 0. The van der Waals surface area contributed by atoms with Crippen molar-refractivity contribution in [2.75, 3.05) is 26.8 Å². The standard InChI is InChI=1S/C13H23NO3/c1-3-11(13(15)16-2)7-8-14-10-12-6-4-5-9-17-12/h7,12,14H,3-6,8-10H2,1-2H3. The van der Waals surface area contributed by atoms with Crippen molar-refractivity contribution in [3.63, 3.8) is 0 Å². The Balaban J connectivity index is 2.20. The molecule has 0 radical (unpaired) electrons. The van der Waals surface area contributed by atoms with E-state index >= 15 is 0 Å². The molecule has 1 aliphatic heterocycles. The van der Waals surface area contributed by atoms with Gasteiger partial charge in [0.25, 0.3) is 0 Å². The molecule has 1 atom stereocenters. The molecule has 4 heteroatoms. The van der Waals surface area contributed by atoms with E-state index in [4.69, 9.17) is 9.47 Å². The molecule has 1 fully saturated rings. The van der Waals surface area contributed by atoms with Crippen LogP contribution < -0.4 is 5.32 Å². The predicted molar refractivity (Wildman–Crippen MR) is 66.9 cm³/mol. The van der Waals surface area contributed by atoms with Crippen molar-refractivity contribution in [3.05, 3.63) is 11.6 Å². The Hall–Kier alpha value is -0.870. The van der Waals surface area contributed by atoms with Crippen LogP contribution in [0.2, 0.25) is 0 Å². The van der Waals surface area contributed by atoms with Gasteiger partial charge in [0.15, 0.2) is 0 Å². The van der Waals surface area contributed by atoms with E-state index in [0.717, 1.165) is 25.1 Å². The first-order chi connectivity index (χ1) is 8.27. The normalized spacial score (nSPS) is 21.3. The quantitative estimate of drug-likeness (QED) is 0.436. The molecule has 0 spiro atoms. The number of carbonyl (C=O) groups excluding carboxylic acids is 1. The third-order valence-electron chi connectivity index (χ3n) is 2.97. The maximum absolute atomic E-state index is 11.3. The molecule has 1 aliphatic rings. The summed E-state index contributed by atoms with van der Waals surface area (Å²) in [6, 6.07) is 0. The summed E-state index contributed by atoms with van der Waals surface area (Å²) in [4.78, 5) is 11.3. The Kier molecular flexibility index (Phi) is 6.89. The van der Waals surface area contributed by atoms with Gasteiger partial charge in [-0.2, -0.15) is 0 Å². The first kappa shape index (κ1) is 14.2. The SMILES string of the molecule is CCC(=CCNCC1CCCCO1)C(=O)OC. The number of hydrogen-bond donors (Lipinski definition) is 1. The maximum Gasteiger partial charge on any atom is 0.333 e. The summed E-state index contributed by atoms with van der Waals surface area (Å²) in [7, 11) is 1.41. The lowest BCUT2D eigenvalue weighted by Gasteiger charge is -2.22. The second kappa shape index (κ2) is 8.25. The third-order valence-corrected chi connectivity index (χ3v) is 2.97. The van der Waals surface area contributed by atoms with Gasteiger partial charge in [0, 0.05) is 25.3 Å². The van der Waals surface area contributed by atoms with Crippen LogP contribution in [0.1, 0.15) is 32.6 Å². The van der Waals surface area contributed by atoms with Crippen LogP contribution in [0.3, 0.4) is 0 Å². The Morgan fingerprint density at radius 2 is 2.35 bits per heavy atom. The van der Waals surface area contributed by atoms with Gasteiger partial charge in [-0.3, -0.25) is 0 Å². The van der Waals surface area contributed by atoms with Gasteiger partial charge < -0.3 is 14.8 Å². The van der Waals surface area contributed by atoms with Crippen LogP contribution in [0.25, 0.3) is 0 Å². The van der Waals surface area contributed by atoms with Gasteiger partial charge in [0.05, 0.1) is 13.2 Å². The molecule has 1 heterocycles. The number of methoxy groups -OCH3 is 1. The van der Waals surface area contributed by atoms with Gasteiger partial charge >= 0.3 is 5.97 Å². The highest BCUT2D eigenvalue weighted by atomic mass is 16.5. The summed E-state index contributed by atoms with van der Waals surface area (Å²) < 4.78 is 10.3. The molecule has 1 unspecified atom stereocenters. The summed E-state index contributed by atoms with van der Waals surface area (Å²) in [6.45, 7) is 4.38. The zero-order chi connectivity index (χ0) is 12.5. The number of nitrogens with one attached hydrogen (secondary N) is 1. The molecule has 0 aromatic rings. The molecule has 0 aliphatic carbocycles. The number of hydrogen-bond acceptors (Lipinski definition) is 4. The van der Waals surface area contributed by atoms with E-state index in [1.54, 1.807) is 0 Å². The van der Waals surface area contributed by atoms with Gasteiger partial charge in [-0.05, 0) is 25.7 Å². The highest BCUT2D eigenvalue weighted by Crippen LogP contribution is 2.11. The second-order valence-corrected chi connectivity index (χ2v) is 4.22. The minimum absolute atomic E-state index is 0.233. The predicted octanol–water partition coefficient (Wildman–Crippen LogP) is 1.65. The summed E-state index contributed by atoms with van der Waals surface area (Å²) in [5.41, 5.74) is 0.726. The molecule has 0 aromatic heterocycles. The van der Waals surface area contributed by atoms with Crippen LogP contribution >= 0.6 is 0 Å². The monoisotopic (exact) mass is 241 g/mol. The van der Waals surface area contributed by atoms with Crippen LogP contribution in [-0.4, -0.2) is 38.9 Å². The molecule has 0 aromatic carbocycles. The van der Waals surface area contributed by atoms with Crippen LogP contribution in [0.5, 0.6) is 0 Å². The Morgan fingerprint density at radius 3 is 2.94 bits per heavy atom. The number of carbonyl (C=O) groups is 1. The fraction of sp³-hybridized carbons (Fsp3) is 0.769. The number of rotatable bonds is 6. The minimum atomic E-state index is -0.233. The van der Waals surface area contributed by atoms with Crippen molar-refractivity contribution in [1.29, 1.82) is 0 Å². The van der Waals surface area contributed by atoms with E-state index in [-0.39, 0.29) is 5.97 Å². The molecule has 98 valence electrons. The van der Waals surface area contributed by atoms with Crippen LogP contribution in [-0.2, 0) is 14.3 Å². The number of ether oxygens (including phenoxy) is 2. The van der Waals surface area contributed by atoms with Crippen molar-refractivity contribution < 1.29 is 14.3 Å². The summed E-state index contributed by atoms with van der Waals surface area (Å²) in [5, 5.41) is 3.29. The molecule has 17 heavy (non-hydrogen) atoms. The lowest BCUT2D eigenvalue weighted by molar-refractivity contribution is -0.136. The Labute approximate surface area is 103 Å². The molecule has 0 amide bonds. The maximum atomic E-state index is 11.3. The van der Waals surface area contributed by atoms with E-state index in [1.165, 1.54) is 20.0 Å². The third kappa shape index (κ3) is 5.33. The second-order valence-electron chi connectivity index (χ2n) is 4.22. The largest absolute Gasteiger partial charge is 0.466 e. The molecule has 1 rings (SSSR count). The molecule has 0 saturated carbocycles. The minimum Gasteiger partial charge on any atom is -0.466 e. The molecular weight excluding hydrogens is 218 g/mol. The highest BCUT2D eigenvalue weighted by Gasteiger charge is 2.12. The summed E-state index contributed by atoms with van der Waals surface area (Å²) in [6.07, 6.45) is 6.50. The van der Waals surface area contributed by atoms with Crippen molar-refractivity contribution in [2.24, 2.45) is 0 Å². The summed E-state index contributed by atoms with van der Waals surface area (Å²) in [5.74, 6) is -0.233. The van der Waals surface area contributed by atoms with Crippen LogP contribution in [0, 0.1) is 0 Å². The van der Waals surface area contributed by atoms with Crippen molar-refractivity contribution in [1.82, 2.24) is 5.32 Å². The molecule has 1 N–H and O–H groups in total. The van der Waals surface area contributed by atoms with Crippen molar-refractivity contribution in [2.45, 2.75) is 38.7 Å². The topological polar surface area (TPSA) is 47.6 Å². The van der Waals surface area contributed by atoms with E-state index < -0.39 is 0 Å². The van der Waals surface area contributed by atoms with Crippen LogP contribution in [0.15, 0.2) is 11.6 Å². The number of esters is 1. The zero-order valence-electron chi connectivity index (χ0n) is 10.8. The Morgan fingerprint density at radius 1 is 1.53 bits per heavy atom. The average molecular weight is 241 g/mol. The lowest BCUT2D eigenvalue weighted by Crippen LogP contribution is -2.32. The van der Waals surface area contributed by atoms with Crippen LogP contribution in [0.4, 0.5) is 0 Å². The smallest absolute Gasteiger partial charge is 0.333 e. The van der Waals surface area contributed by atoms with Gasteiger partial charge in [-0.15, -0.1) is 0 Å².